The van der Waals surface area contributed by atoms with E-state index in [-0.39, 0.29) is 5.82 Å². The molecule has 2 aromatic heterocycles. The summed E-state index contributed by atoms with van der Waals surface area (Å²) >= 11 is 0. The first-order valence-electron chi connectivity index (χ1n) is 7.46. The van der Waals surface area contributed by atoms with Gasteiger partial charge in [-0.3, -0.25) is 10.5 Å². The SMILES string of the molecule is CCCNc1cccc(NN(C(=O)O)c2ncnc3[nH]ncc23)c1. The molecule has 3 rings (SSSR count). The minimum absolute atomic E-state index is 0.202. The van der Waals surface area contributed by atoms with E-state index in [0.29, 0.717) is 16.7 Å². The highest BCUT2D eigenvalue weighted by Gasteiger charge is 2.20. The second-order valence-electron chi connectivity index (χ2n) is 5.07. The number of nitrogens with zero attached hydrogens (tertiary/aromatic N) is 4. The van der Waals surface area contributed by atoms with E-state index in [4.69, 9.17) is 0 Å². The summed E-state index contributed by atoms with van der Waals surface area (Å²) in [7, 11) is 0. The second kappa shape index (κ2) is 6.82. The Morgan fingerprint density at radius 1 is 1.33 bits per heavy atom. The molecule has 0 bridgehead atoms. The number of nitrogens with one attached hydrogen (secondary N) is 3. The van der Waals surface area contributed by atoms with Gasteiger partial charge in [-0.25, -0.2) is 14.8 Å². The molecule has 24 heavy (non-hydrogen) atoms. The maximum absolute atomic E-state index is 11.7. The van der Waals surface area contributed by atoms with Gasteiger partial charge in [0.2, 0.25) is 0 Å². The molecule has 3 aromatic rings. The van der Waals surface area contributed by atoms with Crippen LogP contribution >= 0.6 is 0 Å². The molecular weight excluding hydrogens is 310 g/mol. The Balaban J connectivity index is 1.90. The van der Waals surface area contributed by atoms with Crippen LogP contribution in [0.1, 0.15) is 13.3 Å². The highest BCUT2D eigenvalue weighted by molar-refractivity contribution is 5.97. The normalized spacial score (nSPS) is 10.5. The first-order chi connectivity index (χ1) is 11.7. The van der Waals surface area contributed by atoms with E-state index in [2.05, 4.69) is 37.8 Å². The fourth-order valence-corrected chi connectivity index (χ4v) is 2.22. The number of carboxylic acid groups (broad SMARTS) is 1. The zero-order valence-corrected chi connectivity index (χ0v) is 13.0. The largest absolute Gasteiger partial charge is 0.463 e. The Morgan fingerprint density at radius 3 is 2.96 bits per heavy atom. The quantitative estimate of drug-likeness (QED) is 0.514. The fraction of sp³-hybridized carbons (Fsp3) is 0.200. The first kappa shape index (κ1) is 15.5. The number of fused-ring (bicyclic) bond motifs is 1. The Bertz CT molecular complexity index is 848. The second-order valence-corrected chi connectivity index (χ2v) is 5.07. The maximum atomic E-state index is 11.7. The number of benzene rings is 1. The van der Waals surface area contributed by atoms with Crippen LogP contribution < -0.4 is 15.8 Å². The zero-order valence-electron chi connectivity index (χ0n) is 13.0. The number of carbonyl (C=O) groups is 1. The average Bonchev–Trinajstić information content (AvgIpc) is 3.07. The van der Waals surface area contributed by atoms with Crippen molar-refractivity contribution in [1.82, 2.24) is 20.2 Å². The summed E-state index contributed by atoms with van der Waals surface area (Å²) < 4.78 is 0. The van der Waals surface area contributed by atoms with Crippen molar-refractivity contribution >= 4 is 34.3 Å². The van der Waals surface area contributed by atoms with Crippen LogP contribution in [0.3, 0.4) is 0 Å². The van der Waals surface area contributed by atoms with Gasteiger partial charge in [-0.15, -0.1) is 0 Å². The number of hydrazine groups is 1. The van der Waals surface area contributed by atoms with Gasteiger partial charge in [-0.1, -0.05) is 13.0 Å². The van der Waals surface area contributed by atoms with E-state index in [9.17, 15) is 9.90 Å². The standard InChI is InChI=1S/C15H17N7O2/c1-2-6-16-10-4-3-5-11(7-10)21-22(15(23)24)14-12-8-19-20-13(12)17-9-18-14/h3-5,7-9,16,21H,2,6H2,1H3,(H,23,24)(H,17,18,19,20). The molecule has 1 amide bonds. The molecule has 0 radical (unpaired) electrons. The van der Waals surface area contributed by atoms with Crippen LogP contribution in [0, 0.1) is 0 Å². The Hall–Kier alpha value is -3.36. The van der Waals surface area contributed by atoms with Crippen molar-refractivity contribution in [2.24, 2.45) is 0 Å². The lowest BCUT2D eigenvalue weighted by molar-refractivity contribution is 0.203. The summed E-state index contributed by atoms with van der Waals surface area (Å²) in [4.78, 5) is 19.8. The van der Waals surface area contributed by atoms with E-state index >= 15 is 0 Å². The molecule has 2 heterocycles. The van der Waals surface area contributed by atoms with Crippen LogP contribution in [0.5, 0.6) is 0 Å². The summed E-state index contributed by atoms with van der Waals surface area (Å²) in [6.45, 7) is 2.92. The van der Waals surface area contributed by atoms with Crippen molar-refractivity contribution in [3.63, 3.8) is 0 Å². The Kier molecular flexibility index (Phi) is 4.41. The molecule has 0 aliphatic heterocycles. The lowest BCUT2D eigenvalue weighted by Crippen LogP contribution is -2.35. The highest BCUT2D eigenvalue weighted by Crippen LogP contribution is 2.23. The third-order valence-corrected chi connectivity index (χ3v) is 3.31. The molecule has 1 aromatic carbocycles. The fourth-order valence-electron chi connectivity index (χ4n) is 2.22. The zero-order chi connectivity index (χ0) is 16.9. The van der Waals surface area contributed by atoms with E-state index in [1.807, 2.05) is 18.2 Å². The van der Waals surface area contributed by atoms with Crippen LogP contribution in [0.15, 0.2) is 36.8 Å². The molecule has 124 valence electrons. The summed E-state index contributed by atoms with van der Waals surface area (Å²) in [6, 6.07) is 7.37. The van der Waals surface area contributed by atoms with Gasteiger partial charge in [0.05, 0.1) is 17.3 Å². The number of rotatable bonds is 6. The van der Waals surface area contributed by atoms with Gasteiger partial charge in [0.1, 0.15) is 6.33 Å². The highest BCUT2D eigenvalue weighted by atomic mass is 16.4. The predicted molar refractivity (Wildman–Crippen MR) is 91.0 cm³/mol. The van der Waals surface area contributed by atoms with Crippen molar-refractivity contribution in [2.75, 3.05) is 22.3 Å². The summed E-state index contributed by atoms with van der Waals surface area (Å²) in [6.07, 6.45) is 2.58. The van der Waals surface area contributed by atoms with Crippen molar-refractivity contribution in [1.29, 1.82) is 0 Å². The monoisotopic (exact) mass is 327 g/mol. The minimum atomic E-state index is -1.19. The number of amides is 1. The molecule has 0 saturated carbocycles. The molecule has 0 fully saturated rings. The van der Waals surface area contributed by atoms with Gasteiger partial charge in [0, 0.05) is 12.2 Å². The predicted octanol–water partition coefficient (Wildman–Crippen LogP) is 2.69. The average molecular weight is 327 g/mol. The van der Waals surface area contributed by atoms with Gasteiger partial charge in [-0.2, -0.15) is 10.1 Å². The number of anilines is 3. The third kappa shape index (κ3) is 3.19. The van der Waals surface area contributed by atoms with E-state index in [0.717, 1.165) is 23.7 Å². The number of aromatic amines is 1. The van der Waals surface area contributed by atoms with Crippen molar-refractivity contribution in [2.45, 2.75) is 13.3 Å². The molecule has 0 spiro atoms. The third-order valence-electron chi connectivity index (χ3n) is 3.31. The van der Waals surface area contributed by atoms with E-state index in [1.165, 1.54) is 12.5 Å². The molecule has 0 unspecified atom stereocenters. The summed E-state index contributed by atoms with van der Waals surface area (Å²) in [5.41, 5.74) is 4.84. The molecule has 0 saturated heterocycles. The summed E-state index contributed by atoms with van der Waals surface area (Å²) in [5.74, 6) is 0.202. The lowest BCUT2D eigenvalue weighted by atomic mass is 10.2. The van der Waals surface area contributed by atoms with Gasteiger partial charge >= 0.3 is 6.09 Å². The maximum Gasteiger partial charge on any atom is 0.432 e. The smallest absolute Gasteiger partial charge is 0.432 e. The Labute approximate surface area is 137 Å². The molecular formula is C15H17N7O2. The lowest BCUT2D eigenvalue weighted by Gasteiger charge is -2.21. The van der Waals surface area contributed by atoms with Gasteiger partial charge in [0.25, 0.3) is 0 Å². The van der Waals surface area contributed by atoms with Crippen LogP contribution in [-0.4, -0.2) is 37.9 Å². The molecule has 0 atom stereocenters. The summed E-state index contributed by atoms with van der Waals surface area (Å²) in [5, 5.41) is 20.8. The van der Waals surface area contributed by atoms with Crippen LogP contribution in [0.25, 0.3) is 11.0 Å². The Morgan fingerprint density at radius 2 is 2.17 bits per heavy atom. The minimum Gasteiger partial charge on any atom is -0.463 e. The van der Waals surface area contributed by atoms with Gasteiger partial charge in [-0.05, 0) is 24.6 Å². The molecule has 0 aliphatic carbocycles. The molecule has 0 aliphatic rings. The van der Waals surface area contributed by atoms with Gasteiger partial charge < -0.3 is 10.4 Å². The first-order valence-corrected chi connectivity index (χ1v) is 7.46. The van der Waals surface area contributed by atoms with Crippen LogP contribution in [0.2, 0.25) is 0 Å². The van der Waals surface area contributed by atoms with E-state index in [1.54, 1.807) is 6.07 Å². The molecule has 9 nitrogen and oxygen atoms in total. The molecule has 4 N–H and O–H groups in total. The number of hydrogen-bond acceptors (Lipinski definition) is 6. The van der Waals surface area contributed by atoms with Crippen LogP contribution in [-0.2, 0) is 0 Å². The number of hydrogen-bond donors (Lipinski definition) is 4. The van der Waals surface area contributed by atoms with Crippen LogP contribution in [0.4, 0.5) is 22.0 Å². The molecule has 9 heteroatoms. The van der Waals surface area contributed by atoms with Crippen molar-refractivity contribution in [3.05, 3.63) is 36.8 Å². The van der Waals surface area contributed by atoms with Crippen molar-refractivity contribution < 1.29 is 9.90 Å². The topological polar surface area (TPSA) is 119 Å². The number of H-pyrrole nitrogens is 1. The van der Waals surface area contributed by atoms with E-state index < -0.39 is 6.09 Å². The van der Waals surface area contributed by atoms with Crippen molar-refractivity contribution in [3.8, 4) is 0 Å². The van der Waals surface area contributed by atoms with Gasteiger partial charge in [0.15, 0.2) is 11.5 Å². The number of aromatic nitrogens is 4.